The Hall–Kier alpha value is -2.27. The highest BCUT2D eigenvalue weighted by Gasteiger charge is 2.18. The van der Waals surface area contributed by atoms with Crippen molar-refractivity contribution < 1.29 is 14.2 Å². The Kier molecular flexibility index (Phi) is 5.00. The van der Waals surface area contributed by atoms with Gasteiger partial charge in [0.25, 0.3) is 0 Å². The lowest BCUT2D eigenvalue weighted by atomic mass is 9.99. The maximum atomic E-state index is 6.33. The lowest BCUT2D eigenvalue weighted by molar-refractivity contribution is 0.378. The first-order valence-corrected chi connectivity index (χ1v) is 6.65. The molecule has 1 aromatic heterocycles. The van der Waals surface area contributed by atoms with E-state index < -0.39 is 0 Å². The lowest BCUT2D eigenvalue weighted by Gasteiger charge is -2.19. The molecule has 21 heavy (non-hydrogen) atoms. The first kappa shape index (κ1) is 15.1. The molecule has 5 nitrogen and oxygen atoms in total. The normalized spacial score (nSPS) is 11.8. The quantitative estimate of drug-likeness (QED) is 0.883. The van der Waals surface area contributed by atoms with Gasteiger partial charge < -0.3 is 19.9 Å². The summed E-state index contributed by atoms with van der Waals surface area (Å²) in [5.74, 6) is 2.04. The van der Waals surface area contributed by atoms with Crippen LogP contribution in [0.3, 0.4) is 0 Å². The molecule has 112 valence electrons. The summed E-state index contributed by atoms with van der Waals surface area (Å²) in [5.41, 5.74) is 8.22. The van der Waals surface area contributed by atoms with E-state index >= 15 is 0 Å². The minimum atomic E-state index is -0.244. The standard InChI is InChI=1S/C16H20N2O3/c1-19-13-5-4-6-14(20-2)16(13)12(17)9-11-7-8-15(21-3)18-10-11/h4-8,10,12H,9,17H2,1-3H3. The molecule has 1 aromatic carbocycles. The van der Waals surface area contributed by atoms with E-state index in [9.17, 15) is 0 Å². The number of nitrogens with two attached hydrogens (primary N) is 1. The van der Waals surface area contributed by atoms with Crippen LogP contribution >= 0.6 is 0 Å². The van der Waals surface area contributed by atoms with E-state index in [1.807, 2.05) is 30.3 Å². The Labute approximate surface area is 124 Å². The van der Waals surface area contributed by atoms with Crippen LogP contribution in [0, 0.1) is 0 Å². The van der Waals surface area contributed by atoms with Gasteiger partial charge in [-0.2, -0.15) is 0 Å². The topological polar surface area (TPSA) is 66.6 Å². The van der Waals surface area contributed by atoms with Crippen molar-refractivity contribution >= 4 is 0 Å². The van der Waals surface area contributed by atoms with E-state index in [0.717, 1.165) is 22.6 Å². The molecule has 0 saturated heterocycles. The average molecular weight is 288 g/mol. The molecule has 0 fully saturated rings. The number of ether oxygens (including phenoxy) is 3. The molecule has 0 bridgehead atoms. The van der Waals surface area contributed by atoms with Crippen LogP contribution in [0.2, 0.25) is 0 Å². The molecule has 2 N–H and O–H groups in total. The van der Waals surface area contributed by atoms with E-state index in [4.69, 9.17) is 19.9 Å². The summed E-state index contributed by atoms with van der Waals surface area (Å²) >= 11 is 0. The maximum absolute atomic E-state index is 6.33. The van der Waals surface area contributed by atoms with Crippen molar-refractivity contribution in [1.82, 2.24) is 4.98 Å². The van der Waals surface area contributed by atoms with Crippen molar-refractivity contribution in [2.45, 2.75) is 12.5 Å². The molecule has 0 amide bonds. The highest BCUT2D eigenvalue weighted by molar-refractivity contribution is 5.47. The van der Waals surface area contributed by atoms with E-state index in [1.165, 1.54) is 0 Å². The van der Waals surface area contributed by atoms with E-state index in [-0.39, 0.29) is 6.04 Å². The van der Waals surface area contributed by atoms with Gasteiger partial charge >= 0.3 is 0 Å². The second kappa shape index (κ2) is 6.95. The second-order valence-corrected chi connectivity index (χ2v) is 4.60. The van der Waals surface area contributed by atoms with Gasteiger partial charge in [-0.3, -0.25) is 0 Å². The fraction of sp³-hybridized carbons (Fsp3) is 0.312. The molecule has 1 unspecified atom stereocenters. The van der Waals surface area contributed by atoms with Crippen LogP contribution in [-0.2, 0) is 6.42 Å². The Morgan fingerprint density at radius 3 is 2.14 bits per heavy atom. The molecular weight excluding hydrogens is 268 g/mol. The highest BCUT2D eigenvalue weighted by atomic mass is 16.5. The van der Waals surface area contributed by atoms with Crippen LogP contribution in [0.5, 0.6) is 17.4 Å². The Bertz CT molecular complexity index is 562. The average Bonchev–Trinajstić information content (AvgIpc) is 2.54. The summed E-state index contributed by atoms with van der Waals surface area (Å²) in [5, 5.41) is 0. The van der Waals surface area contributed by atoms with Gasteiger partial charge in [-0.1, -0.05) is 12.1 Å². The Balaban J connectivity index is 2.24. The molecule has 2 rings (SSSR count). The van der Waals surface area contributed by atoms with Crippen LogP contribution < -0.4 is 19.9 Å². The first-order chi connectivity index (χ1) is 10.2. The van der Waals surface area contributed by atoms with Crippen LogP contribution in [0.25, 0.3) is 0 Å². The number of hydrogen-bond acceptors (Lipinski definition) is 5. The van der Waals surface area contributed by atoms with Gasteiger partial charge in [0.2, 0.25) is 5.88 Å². The number of rotatable bonds is 6. The predicted molar refractivity (Wildman–Crippen MR) is 81.0 cm³/mol. The molecule has 5 heteroatoms. The largest absolute Gasteiger partial charge is 0.496 e. The van der Waals surface area contributed by atoms with Gasteiger partial charge in [-0.25, -0.2) is 4.98 Å². The lowest BCUT2D eigenvalue weighted by Crippen LogP contribution is -2.15. The molecule has 0 saturated carbocycles. The molecule has 0 aliphatic rings. The third kappa shape index (κ3) is 3.44. The van der Waals surface area contributed by atoms with Crippen molar-refractivity contribution in [3.8, 4) is 17.4 Å². The van der Waals surface area contributed by atoms with Gasteiger partial charge in [-0.05, 0) is 24.1 Å². The zero-order valence-corrected chi connectivity index (χ0v) is 12.5. The number of aromatic nitrogens is 1. The van der Waals surface area contributed by atoms with Crippen LogP contribution in [-0.4, -0.2) is 26.3 Å². The predicted octanol–water partition coefficient (Wildman–Crippen LogP) is 2.35. The molecule has 1 heterocycles. The SMILES string of the molecule is COc1ccc(CC(N)c2c(OC)cccc2OC)cn1. The number of methoxy groups -OCH3 is 3. The van der Waals surface area contributed by atoms with Gasteiger partial charge in [0.1, 0.15) is 11.5 Å². The fourth-order valence-electron chi connectivity index (χ4n) is 2.25. The molecule has 0 aliphatic heterocycles. The summed E-state index contributed by atoms with van der Waals surface area (Å²) in [7, 11) is 4.84. The molecule has 1 atom stereocenters. The molecule has 0 radical (unpaired) electrons. The summed E-state index contributed by atoms with van der Waals surface area (Å²) in [6.07, 6.45) is 2.40. The van der Waals surface area contributed by atoms with Crippen LogP contribution in [0.4, 0.5) is 0 Å². The van der Waals surface area contributed by atoms with E-state index in [0.29, 0.717) is 12.3 Å². The fourth-order valence-corrected chi connectivity index (χ4v) is 2.25. The molecule has 0 spiro atoms. The number of pyridine rings is 1. The first-order valence-electron chi connectivity index (χ1n) is 6.65. The van der Waals surface area contributed by atoms with Gasteiger partial charge in [0.15, 0.2) is 0 Å². The van der Waals surface area contributed by atoms with Crippen LogP contribution in [0.1, 0.15) is 17.2 Å². The molecular formula is C16H20N2O3. The monoisotopic (exact) mass is 288 g/mol. The Morgan fingerprint density at radius 2 is 1.67 bits per heavy atom. The third-order valence-electron chi connectivity index (χ3n) is 3.30. The van der Waals surface area contributed by atoms with Crippen molar-refractivity contribution in [2.75, 3.05) is 21.3 Å². The third-order valence-corrected chi connectivity index (χ3v) is 3.30. The summed E-state index contributed by atoms with van der Waals surface area (Å²) in [4.78, 5) is 4.19. The van der Waals surface area contributed by atoms with Crippen molar-refractivity contribution in [3.05, 3.63) is 47.7 Å². The summed E-state index contributed by atoms with van der Waals surface area (Å²) in [6.45, 7) is 0. The summed E-state index contributed by atoms with van der Waals surface area (Å²) < 4.78 is 15.8. The van der Waals surface area contributed by atoms with E-state index in [2.05, 4.69) is 4.98 Å². The molecule has 0 aliphatic carbocycles. The van der Waals surface area contributed by atoms with Gasteiger partial charge in [0.05, 0.1) is 26.9 Å². The van der Waals surface area contributed by atoms with Crippen molar-refractivity contribution in [3.63, 3.8) is 0 Å². The minimum absolute atomic E-state index is 0.244. The molecule has 2 aromatic rings. The van der Waals surface area contributed by atoms with Crippen LogP contribution in [0.15, 0.2) is 36.5 Å². The van der Waals surface area contributed by atoms with Crippen molar-refractivity contribution in [2.24, 2.45) is 5.73 Å². The van der Waals surface area contributed by atoms with Gasteiger partial charge in [-0.15, -0.1) is 0 Å². The van der Waals surface area contributed by atoms with Crippen molar-refractivity contribution in [1.29, 1.82) is 0 Å². The smallest absolute Gasteiger partial charge is 0.212 e. The second-order valence-electron chi connectivity index (χ2n) is 4.60. The zero-order valence-electron chi connectivity index (χ0n) is 12.5. The highest BCUT2D eigenvalue weighted by Crippen LogP contribution is 2.34. The number of benzene rings is 1. The number of nitrogens with zero attached hydrogens (tertiary/aromatic N) is 1. The van der Waals surface area contributed by atoms with E-state index in [1.54, 1.807) is 27.5 Å². The summed E-state index contributed by atoms with van der Waals surface area (Å²) in [6, 6.07) is 9.16. The zero-order chi connectivity index (χ0) is 15.2. The maximum Gasteiger partial charge on any atom is 0.212 e. The number of hydrogen-bond donors (Lipinski definition) is 1. The Morgan fingerprint density at radius 1 is 1.00 bits per heavy atom. The van der Waals surface area contributed by atoms with Gasteiger partial charge in [0, 0.05) is 18.3 Å². The minimum Gasteiger partial charge on any atom is -0.496 e.